The minimum atomic E-state index is -3.70. The lowest BCUT2D eigenvalue weighted by atomic mass is 9.95. The molecule has 0 bridgehead atoms. The third-order valence-electron chi connectivity index (χ3n) is 6.14. The Kier molecular flexibility index (Phi) is 8.72. The maximum Gasteiger partial charge on any atom is 0.246 e. The van der Waals surface area contributed by atoms with Crippen LogP contribution in [0, 0.1) is 5.92 Å². The number of benzene rings is 1. The minimum Gasteiger partial charge on any atom is -0.495 e. The summed E-state index contributed by atoms with van der Waals surface area (Å²) in [5.41, 5.74) is 0.419. The first-order chi connectivity index (χ1) is 15.7. The molecule has 0 saturated carbocycles. The highest BCUT2D eigenvalue weighted by Crippen LogP contribution is 2.31. The number of rotatable bonds is 8. The molecule has 1 aromatic rings. The number of carbonyl (C=O) groups is 2. The zero-order valence-electron chi connectivity index (χ0n) is 19.8. The third kappa shape index (κ3) is 6.68. The Morgan fingerprint density at radius 3 is 2.36 bits per heavy atom. The van der Waals surface area contributed by atoms with Gasteiger partial charge >= 0.3 is 0 Å². The van der Waals surface area contributed by atoms with E-state index in [1.807, 2.05) is 18.7 Å². The van der Waals surface area contributed by atoms with Gasteiger partial charge in [0.2, 0.25) is 21.8 Å². The molecule has 0 aliphatic carbocycles. The zero-order valence-corrected chi connectivity index (χ0v) is 20.6. The second-order valence-corrected chi connectivity index (χ2v) is 11.0. The van der Waals surface area contributed by atoms with E-state index in [1.165, 1.54) is 17.5 Å². The normalized spacial score (nSPS) is 18.8. The van der Waals surface area contributed by atoms with Crippen LogP contribution in [0.15, 0.2) is 23.1 Å². The van der Waals surface area contributed by atoms with E-state index in [4.69, 9.17) is 4.74 Å². The average Bonchev–Trinajstić information content (AvgIpc) is 2.79. The van der Waals surface area contributed by atoms with Crippen molar-refractivity contribution in [3.8, 4) is 5.75 Å². The van der Waals surface area contributed by atoms with Crippen molar-refractivity contribution in [1.29, 1.82) is 0 Å². The van der Waals surface area contributed by atoms with E-state index in [9.17, 15) is 18.0 Å². The Hall–Kier alpha value is -2.17. The summed E-state index contributed by atoms with van der Waals surface area (Å²) >= 11 is 0. The van der Waals surface area contributed by atoms with Crippen LogP contribution in [0.3, 0.4) is 0 Å². The molecule has 2 aliphatic heterocycles. The molecule has 0 spiro atoms. The molecule has 2 aliphatic rings. The molecule has 2 heterocycles. The number of hydrogen-bond acceptors (Lipinski definition) is 6. The van der Waals surface area contributed by atoms with Gasteiger partial charge in [-0.3, -0.25) is 14.5 Å². The molecule has 0 unspecified atom stereocenters. The van der Waals surface area contributed by atoms with Crippen molar-refractivity contribution in [3.05, 3.63) is 18.2 Å². The number of nitrogens with zero attached hydrogens (tertiary/aromatic N) is 2. The topological polar surface area (TPSA) is 108 Å². The first-order valence-electron chi connectivity index (χ1n) is 11.7. The molecular formula is C23H36N4O5S. The van der Waals surface area contributed by atoms with E-state index in [0.717, 1.165) is 19.3 Å². The van der Waals surface area contributed by atoms with Crippen LogP contribution in [-0.4, -0.2) is 75.3 Å². The smallest absolute Gasteiger partial charge is 0.246 e. The summed E-state index contributed by atoms with van der Waals surface area (Å²) in [6.07, 6.45) is 4.14. The number of hydrogen-bond donors (Lipinski definition) is 2. The largest absolute Gasteiger partial charge is 0.495 e. The number of methoxy groups -OCH3 is 1. The van der Waals surface area contributed by atoms with Crippen molar-refractivity contribution in [1.82, 2.24) is 14.5 Å². The van der Waals surface area contributed by atoms with Gasteiger partial charge in [0.1, 0.15) is 10.6 Å². The first-order valence-corrected chi connectivity index (χ1v) is 13.2. The molecule has 184 valence electrons. The Bertz CT molecular complexity index is 936. The maximum absolute atomic E-state index is 13.2. The summed E-state index contributed by atoms with van der Waals surface area (Å²) in [7, 11) is -2.27. The average molecular weight is 481 g/mol. The van der Waals surface area contributed by atoms with Gasteiger partial charge in [-0.1, -0.05) is 6.42 Å². The fourth-order valence-electron chi connectivity index (χ4n) is 4.36. The Labute approximate surface area is 196 Å². The van der Waals surface area contributed by atoms with Crippen molar-refractivity contribution >= 4 is 27.5 Å². The predicted octanol–water partition coefficient (Wildman–Crippen LogP) is 2.04. The van der Waals surface area contributed by atoms with Crippen molar-refractivity contribution in [2.24, 2.45) is 5.92 Å². The van der Waals surface area contributed by atoms with Gasteiger partial charge in [-0.05, 0) is 70.8 Å². The fraction of sp³-hybridized carbons (Fsp3) is 0.652. The van der Waals surface area contributed by atoms with Gasteiger partial charge in [0, 0.05) is 30.7 Å². The number of anilines is 1. The Morgan fingerprint density at radius 2 is 1.76 bits per heavy atom. The summed E-state index contributed by atoms with van der Waals surface area (Å²) in [5, 5.41) is 5.77. The van der Waals surface area contributed by atoms with Crippen LogP contribution in [0.5, 0.6) is 5.75 Å². The van der Waals surface area contributed by atoms with Crippen LogP contribution in [0.2, 0.25) is 0 Å². The second kappa shape index (κ2) is 11.3. The molecule has 2 amide bonds. The van der Waals surface area contributed by atoms with Crippen LogP contribution in [-0.2, 0) is 19.6 Å². The van der Waals surface area contributed by atoms with Gasteiger partial charge in [-0.15, -0.1) is 0 Å². The number of nitrogens with one attached hydrogen (secondary N) is 2. The molecule has 33 heavy (non-hydrogen) atoms. The van der Waals surface area contributed by atoms with Crippen molar-refractivity contribution in [2.45, 2.75) is 56.9 Å². The first kappa shape index (κ1) is 25.5. The van der Waals surface area contributed by atoms with Crippen LogP contribution >= 0.6 is 0 Å². The maximum atomic E-state index is 13.2. The van der Waals surface area contributed by atoms with Gasteiger partial charge in [-0.2, -0.15) is 4.31 Å². The molecule has 3 rings (SSSR count). The summed E-state index contributed by atoms with van der Waals surface area (Å²) in [6.45, 7) is 6.40. The number of ether oxygens (including phenoxy) is 1. The van der Waals surface area contributed by atoms with E-state index in [0.29, 0.717) is 44.7 Å². The van der Waals surface area contributed by atoms with E-state index < -0.39 is 10.0 Å². The lowest BCUT2D eigenvalue weighted by Crippen LogP contribution is -2.44. The number of likely N-dealkylation sites (tertiary alicyclic amines) is 1. The molecule has 2 fully saturated rings. The summed E-state index contributed by atoms with van der Waals surface area (Å²) in [6, 6.07) is 4.82. The molecule has 0 atom stereocenters. The molecule has 2 N–H and O–H groups in total. The third-order valence-corrected chi connectivity index (χ3v) is 8.06. The molecule has 2 saturated heterocycles. The van der Waals surface area contributed by atoms with Gasteiger partial charge in [0.05, 0.1) is 13.7 Å². The monoisotopic (exact) mass is 480 g/mol. The molecule has 1 aromatic carbocycles. The Morgan fingerprint density at radius 1 is 1.09 bits per heavy atom. The lowest BCUT2D eigenvalue weighted by molar-refractivity contribution is -0.127. The van der Waals surface area contributed by atoms with Gasteiger partial charge in [0.15, 0.2) is 0 Å². The molecular weight excluding hydrogens is 444 g/mol. The second-order valence-electron chi connectivity index (χ2n) is 9.09. The van der Waals surface area contributed by atoms with E-state index in [2.05, 4.69) is 10.6 Å². The summed E-state index contributed by atoms with van der Waals surface area (Å²) in [5.74, 6) is 0.109. The van der Waals surface area contributed by atoms with Crippen molar-refractivity contribution in [2.75, 3.05) is 45.2 Å². The predicted molar refractivity (Wildman–Crippen MR) is 127 cm³/mol. The quantitative estimate of drug-likeness (QED) is 0.590. The lowest BCUT2D eigenvalue weighted by Gasteiger charge is -2.31. The summed E-state index contributed by atoms with van der Waals surface area (Å²) in [4.78, 5) is 26.9. The van der Waals surface area contributed by atoms with Gasteiger partial charge in [0.25, 0.3) is 0 Å². The highest BCUT2D eigenvalue weighted by atomic mass is 32.2. The highest BCUT2D eigenvalue weighted by molar-refractivity contribution is 7.89. The highest BCUT2D eigenvalue weighted by Gasteiger charge is 2.30. The zero-order chi connectivity index (χ0) is 24.0. The molecule has 9 nitrogen and oxygen atoms in total. The standard InChI is InChI=1S/C23H36N4O5S/c1-17(2)24-23(29)18-9-13-26(14-10-18)16-22(28)25-19-7-8-20(32-3)21(15-19)33(30,31)27-11-5-4-6-12-27/h7-8,15,17-18H,4-6,9-14,16H2,1-3H3,(H,24,29)(H,25,28). The van der Waals surface area contributed by atoms with Crippen LogP contribution in [0.4, 0.5) is 5.69 Å². The minimum absolute atomic E-state index is 0.0177. The van der Waals surface area contributed by atoms with Gasteiger partial charge in [-0.25, -0.2) is 8.42 Å². The molecule has 0 radical (unpaired) electrons. The van der Waals surface area contributed by atoms with Crippen LogP contribution in [0.25, 0.3) is 0 Å². The van der Waals surface area contributed by atoms with E-state index in [-0.39, 0.29) is 41.0 Å². The molecule has 0 aromatic heterocycles. The van der Waals surface area contributed by atoms with Crippen molar-refractivity contribution < 1.29 is 22.7 Å². The number of amides is 2. The number of carbonyl (C=O) groups excluding carboxylic acids is 2. The van der Waals surface area contributed by atoms with Crippen molar-refractivity contribution in [3.63, 3.8) is 0 Å². The summed E-state index contributed by atoms with van der Waals surface area (Å²) < 4.78 is 33.1. The van der Waals surface area contributed by atoms with Crippen LogP contribution in [0.1, 0.15) is 46.0 Å². The molecule has 10 heteroatoms. The number of sulfonamides is 1. The van der Waals surface area contributed by atoms with E-state index >= 15 is 0 Å². The van der Waals surface area contributed by atoms with Crippen LogP contribution < -0.4 is 15.4 Å². The SMILES string of the molecule is COc1ccc(NC(=O)CN2CCC(C(=O)NC(C)C)CC2)cc1S(=O)(=O)N1CCCCC1. The number of piperidine rings is 2. The van der Waals surface area contributed by atoms with E-state index in [1.54, 1.807) is 12.1 Å². The fourth-order valence-corrected chi connectivity index (χ4v) is 6.06. The van der Waals surface area contributed by atoms with Gasteiger partial charge < -0.3 is 15.4 Å². The Balaban J connectivity index is 1.60.